The van der Waals surface area contributed by atoms with Crippen LogP contribution in [-0.2, 0) is 16.0 Å². The summed E-state index contributed by atoms with van der Waals surface area (Å²) in [5.41, 5.74) is 1.84. The minimum absolute atomic E-state index is 0.241. The third kappa shape index (κ3) is 4.70. The van der Waals surface area contributed by atoms with Crippen molar-refractivity contribution >= 4 is 34.8 Å². The maximum atomic E-state index is 11.3. The molecular weight excluding hydrogens is 348 g/mol. The van der Waals surface area contributed by atoms with Gasteiger partial charge in [-0.3, -0.25) is 9.69 Å². The number of hydrogen-bond acceptors (Lipinski definition) is 4. The minimum Gasteiger partial charge on any atom is -0.469 e. The number of hydrogen-bond donors (Lipinski definition) is 1. The quantitative estimate of drug-likeness (QED) is 0.653. The average Bonchev–Trinajstić information content (AvgIpc) is 2.70. The Balaban J connectivity index is 1.50. The van der Waals surface area contributed by atoms with E-state index in [2.05, 4.69) is 30.9 Å². The van der Waals surface area contributed by atoms with Crippen molar-refractivity contribution in [3.05, 3.63) is 54.2 Å². The zero-order valence-corrected chi connectivity index (χ0v) is 15.6. The zero-order chi connectivity index (χ0) is 18.4. The number of carbonyl (C=O) groups excluding carboxylic acids is 1. The normalized spacial score (nSPS) is 14.0. The summed E-state index contributed by atoms with van der Waals surface area (Å²) >= 11 is 5.55. The highest BCUT2D eigenvalue weighted by atomic mass is 32.1. The Morgan fingerprint density at radius 2 is 1.88 bits per heavy atom. The molecule has 0 saturated carbocycles. The lowest BCUT2D eigenvalue weighted by atomic mass is 10.1. The van der Waals surface area contributed by atoms with Gasteiger partial charge in [-0.25, -0.2) is 4.98 Å². The molecule has 0 radical (unpaired) electrons. The van der Waals surface area contributed by atoms with E-state index in [0.717, 1.165) is 48.4 Å². The molecule has 7 heteroatoms. The third-order valence-corrected chi connectivity index (χ3v) is 4.74. The summed E-state index contributed by atoms with van der Waals surface area (Å²) in [7, 11) is 1.40. The highest BCUT2D eigenvalue weighted by Crippen LogP contribution is 2.14. The molecule has 2 aromatic rings. The van der Waals surface area contributed by atoms with Crippen LogP contribution >= 0.6 is 12.2 Å². The van der Waals surface area contributed by atoms with E-state index in [1.54, 1.807) is 0 Å². The minimum atomic E-state index is -0.241. The van der Waals surface area contributed by atoms with Crippen molar-refractivity contribution in [2.45, 2.75) is 6.42 Å². The summed E-state index contributed by atoms with van der Waals surface area (Å²) < 4.78 is 4.68. The van der Waals surface area contributed by atoms with Crippen LogP contribution in [0.3, 0.4) is 0 Å². The first-order chi connectivity index (χ1) is 12.7. The molecule has 1 saturated heterocycles. The van der Waals surface area contributed by atoms with Gasteiger partial charge in [0.05, 0.1) is 32.8 Å². The Morgan fingerprint density at radius 3 is 2.50 bits per heavy atom. The van der Waals surface area contributed by atoms with Gasteiger partial charge in [-0.2, -0.15) is 0 Å². The number of piperazine rings is 1. The van der Waals surface area contributed by atoms with Crippen LogP contribution in [0.5, 0.6) is 0 Å². The summed E-state index contributed by atoms with van der Waals surface area (Å²) in [6.07, 6.45) is 2.22. The zero-order valence-electron chi connectivity index (χ0n) is 14.8. The van der Waals surface area contributed by atoms with Gasteiger partial charge in [-0.05, 0) is 36.0 Å². The topological polar surface area (TPSA) is 59.0 Å². The molecule has 0 atom stereocenters. The molecule has 0 amide bonds. The molecule has 1 aromatic heterocycles. The Morgan fingerprint density at radius 1 is 1.15 bits per heavy atom. The lowest BCUT2D eigenvalue weighted by Gasteiger charge is -2.32. The van der Waals surface area contributed by atoms with Crippen LogP contribution < -0.4 is 15.2 Å². The van der Waals surface area contributed by atoms with Crippen LogP contribution in [0.4, 0.5) is 11.5 Å². The van der Waals surface area contributed by atoms with Gasteiger partial charge in [0.2, 0.25) is 0 Å². The van der Waals surface area contributed by atoms with Gasteiger partial charge >= 0.3 is 5.97 Å². The van der Waals surface area contributed by atoms with Gasteiger partial charge in [0.15, 0.2) is 5.11 Å². The summed E-state index contributed by atoms with van der Waals surface area (Å²) in [6, 6.07) is 13.8. The molecule has 0 bridgehead atoms. The van der Waals surface area contributed by atoms with Gasteiger partial charge < -0.3 is 15.0 Å². The predicted octanol–water partition coefficient (Wildman–Crippen LogP) is 1.74. The highest BCUT2D eigenvalue weighted by Gasteiger charge is 2.24. The molecule has 3 rings (SSSR count). The fraction of sp³-hybridized carbons (Fsp3) is 0.316. The van der Waals surface area contributed by atoms with E-state index in [4.69, 9.17) is 12.2 Å². The molecule has 0 unspecified atom stereocenters. The number of benzene rings is 1. The SMILES string of the molecule is COC(=O)Cc1ccc(NC(=S)N2CCN(c3cccc[nH+]3)CC2)cc1. The van der Waals surface area contributed by atoms with Crippen LogP contribution in [0.25, 0.3) is 0 Å². The number of ether oxygens (including phenoxy) is 1. The molecule has 1 fully saturated rings. The second kappa shape index (κ2) is 8.62. The van der Waals surface area contributed by atoms with Gasteiger partial charge in [0.1, 0.15) is 13.1 Å². The maximum Gasteiger partial charge on any atom is 0.309 e. The van der Waals surface area contributed by atoms with Crippen LogP contribution in [0, 0.1) is 0 Å². The van der Waals surface area contributed by atoms with Crippen molar-refractivity contribution in [3.63, 3.8) is 0 Å². The van der Waals surface area contributed by atoms with Crippen molar-refractivity contribution in [3.8, 4) is 0 Å². The van der Waals surface area contributed by atoms with Crippen LogP contribution in [0.2, 0.25) is 0 Å². The molecular formula is C19H23N4O2S+. The van der Waals surface area contributed by atoms with E-state index in [9.17, 15) is 4.79 Å². The molecule has 0 spiro atoms. The van der Waals surface area contributed by atoms with Crippen LogP contribution in [0.1, 0.15) is 5.56 Å². The maximum absolute atomic E-state index is 11.3. The van der Waals surface area contributed by atoms with Crippen molar-refractivity contribution in [2.75, 3.05) is 43.5 Å². The largest absolute Gasteiger partial charge is 0.469 e. The molecule has 1 aliphatic heterocycles. The monoisotopic (exact) mass is 371 g/mol. The first-order valence-electron chi connectivity index (χ1n) is 8.59. The standard InChI is InChI=1S/C19H22N4O2S/c1-25-18(24)14-15-5-7-16(8-6-15)21-19(26)23-12-10-22(11-13-23)17-4-2-3-9-20-17/h2-9H,10-14H2,1H3,(H,21,26)/p+1. The smallest absolute Gasteiger partial charge is 0.309 e. The number of rotatable bonds is 4. The number of nitrogens with one attached hydrogen (secondary N) is 2. The first kappa shape index (κ1) is 18.1. The van der Waals surface area contributed by atoms with E-state index >= 15 is 0 Å². The lowest BCUT2D eigenvalue weighted by Crippen LogP contribution is -2.51. The fourth-order valence-electron chi connectivity index (χ4n) is 2.88. The second-order valence-electron chi connectivity index (χ2n) is 6.10. The fourth-order valence-corrected chi connectivity index (χ4v) is 3.18. The molecule has 1 aliphatic rings. The Hall–Kier alpha value is -2.67. The summed E-state index contributed by atoms with van der Waals surface area (Å²) in [6.45, 7) is 3.57. The number of anilines is 2. The number of nitrogens with zero attached hydrogens (tertiary/aromatic N) is 2. The van der Waals surface area contributed by atoms with Gasteiger partial charge in [-0.1, -0.05) is 18.2 Å². The number of thiocarbonyl (C=S) groups is 1. The number of esters is 1. The second-order valence-corrected chi connectivity index (χ2v) is 6.49. The number of H-pyrrole nitrogens is 1. The Labute approximate surface area is 158 Å². The van der Waals surface area contributed by atoms with E-state index in [-0.39, 0.29) is 12.4 Å². The molecule has 136 valence electrons. The highest BCUT2D eigenvalue weighted by molar-refractivity contribution is 7.80. The van der Waals surface area contributed by atoms with E-state index in [1.807, 2.05) is 42.6 Å². The lowest BCUT2D eigenvalue weighted by molar-refractivity contribution is -0.364. The number of aromatic amines is 1. The predicted molar refractivity (Wildman–Crippen MR) is 105 cm³/mol. The molecule has 6 nitrogen and oxygen atoms in total. The number of methoxy groups -OCH3 is 1. The van der Waals surface area contributed by atoms with Gasteiger partial charge in [0.25, 0.3) is 5.82 Å². The molecule has 2 N–H and O–H groups in total. The first-order valence-corrected chi connectivity index (χ1v) is 9.00. The van der Waals surface area contributed by atoms with Crippen LogP contribution in [-0.4, -0.2) is 49.3 Å². The van der Waals surface area contributed by atoms with E-state index in [1.165, 1.54) is 7.11 Å². The molecule has 1 aromatic carbocycles. The molecule has 2 heterocycles. The van der Waals surface area contributed by atoms with Gasteiger partial charge in [-0.15, -0.1) is 0 Å². The number of aromatic nitrogens is 1. The van der Waals surface area contributed by atoms with Crippen molar-refractivity contribution in [1.29, 1.82) is 0 Å². The van der Waals surface area contributed by atoms with E-state index in [0.29, 0.717) is 0 Å². The Bertz CT molecular complexity index is 744. The van der Waals surface area contributed by atoms with Crippen LogP contribution in [0.15, 0.2) is 48.7 Å². The summed E-state index contributed by atoms with van der Waals surface area (Å²) in [5.74, 6) is 0.891. The van der Waals surface area contributed by atoms with Crippen molar-refractivity contribution < 1.29 is 14.5 Å². The number of carbonyl (C=O) groups is 1. The molecule has 0 aliphatic carbocycles. The molecule has 26 heavy (non-hydrogen) atoms. The summed E-state index contributed by atoms with van der Waals surface area (Å²) in [5, 5.41) is 4.00. The van der Waals surface area contributed by atoms with Gasteiger partial charge in [0, 0.05) is 11.8 Å². The average molecular weight is 371 g/mol. The van der Waals surface area contributed by atoms with Crippen molar-refractivity contribution in [1.82, 2.24) is 4.90 Å². The summed E-state index contributed by atoms with van der Waals surface area (Å²) in [4.78, 5) is 19.1. The third-order valence-electron chi connectivity index (χ3n) is 4.38. The number of pyridine rings is 1. The van der Waals surface area contributed by atoms with Crippen molar-refractivity contribution in [2.24, 2.45) is 0 Å². The Kier molecular flexibility index (Phi) is 6.01. The van der Waals surface area contributed by atoms with E-state index < -0.39 is 0 Å².